The molecule has 21 heavy (non-hydrogen) atoms. The third kappa shape index (κ3) is 3.82. The summed E-state index contributed by atoms with van der Waals surface area (Å²) in [6, 6.07) is 11.2. The van der Waals surface area contributed by atoms with Crippen LogP contribution in [0.3, 0.4) is 0 Å². The lowest BCUT2D eigenvalue weighted by Gasteiger charge is -2.25. The maximum atomic E-state index is 4.14. The zero-order valence-electron chi connectivity index (χ0n) is 12.7. The van der Waals surface area contributed by atoms with Crippen molar-refractivity contribution in [2.45, 2.75) is 32.4 Å². The van der Waals surface area contributed by atoms with Gasteiger partial charge in [-0.1, -0.05) is 42.0 Å². The molecule has 3 nitrogen and oxygen atoms in total. The summed E-state index contributed by atoms with van der Waals surface area (Å²) in [6.45, 7) is 5.56. The highest BCUT2D eigenvalue weighted by Gasteiger charge is 2.24. The van der Waals surface area contributed by atoms with Gasteiger partial charge >= 0.3 is 0 Å². The molecule has 1 unspecified atom stereocenters. The molecule has 0 saturated carbocycles. The fraction of sp³-hybridized carbons (Fsp3) is 0.389. The standard InChI is InChI=1S/C18H23N3/c1-16(12-17-6-3-2-4-7-17)13-21-10-5-8-18(21)14-20-11-9-19-15-20/h2-4,6-7,9,11-12,15,18H,5,8,10,13-14H2,1H3. The molecule has 0 radical (unpaired) electrons. The molecule has 3 rings (SSSR count). The van der Waals surface area contributed by atoms with Gasteiger partial charge in [0.2, 0.25) is 0 Å². The van der Waals surface area contributed by atoms with Crippen molar-refractivity contribution in [2.75, 3.05) is 13.1 Å². The van der Waals surface area contributed by atoms with Gasteiger partial charge in [-0.2, -0.15) is 0 Å². The quantitative estimate of drug-likeness (QED) is 0.837. The van der Waals surface area contributed by atoms with Crippen molar-refractivity contribution in [2.24, 2.45) is 0 Å². The molecule has 0 spiro atoms. The number of imidazole rings is 1. The molecule has 0 bridgehead atoms. The molecule has 1 aliphatic rings. The second kappa shape index (κ2) is 6.72. The van der Waals surface area contributed by atoms with Crippen LogP contribution < -0.4 is 0 Å². The summed E-state index contributed by atoms with van der Waals surface area (Å²) < 4.78 is 2.19. The number of likely N-dealkylation sites (tertiary alicyclic amines) is 1. The first-order valence-corrected chi connectivity index (χ1v) is 7.73. The first-order chi connectivity index (χ1) is 10.3. The normalized spacial score (nSPS) is 20.0. The van der Waals surface area contributed by atoms with E-state index in [9.17, 15) is 0 Å². The topological polar surface area (TPSA) is 21.1 Å². The molecular formula is C18H23N3. The monoisotopic (exact) mass is 281 g/mol. The number of nitrogens with zero attached hydrogens (tertiary/aromatic N) is 3. The molecule has 0 amide bonds. The van der Waals surface area contributed by atoms with Gasteiger partial charge in [0.25, 0.3) is 0 Å². The van der Waals surface area contributed by atoms with Crippen LogP contribution in [0, 0.1) is 0 Å². The Kier molecular flexibility index (Phi) is 4.51. The van der Waals surface area contributed by atoms with E-state index in [1.165, 1.54) is 30.5 Å². The van der Waals surface area contributed by atoms with Gasteiger partial charge in [-0.25, -0.2) is 4.98 Å². The van der Waals surface area contributed by atoms with Crippen LogP contribution in [0.25, 0.3) is 6.08 Å². The molecule has 1 aliphatic heterocycles. The fourth-order valence-corrected chi connectivity index (χ4v) is 3.15. The molecule has 1 aromatic heterocycles. The van der Waals surface area contributed by atoms with E-state index in [0.29, 0.717) is 6.04 Å². The van der Waals surface area contributed by atoms with Crippen LogP contribution in [0.4, 0.5) is 0 Å². The van der Waals surface area contributed by atoms with Crippen molar-refractivity contribution in [3.63, 3.8) is 0 Å². The van der Waals surface area contributed by atoms with E-state index in [1.54, 1.807) is 0 Å². The molecule has 1 aromatic carbocycles. The summed E-state index contributed by atoms with van der Waals surface area (Å²) in [5, 5.41) is 0. The Morgan fingerprint density at radius 2 is 2.19 bits per heavy atom. The minimum atomic E-state index is 0.637. The van der Waals surface area contributed by atoms with Crippen molar-refractivity contribution in [3.05, 3.63) is 60.2 Å². The zero-order valence-corrected chi connectivity index (χ0v) is 12.7. The van der Waals surface area contributed by atoms with Gasteiger partial charge in [0.1, 0.15) is 0 Å². The van der Waals surface area contributed by atoms with E-state index in [0.717, 1.165) is 13.1 Å². The van der Waals surface area contributed by atoms with E-state index in [1.807, 2.05) is 12.5 Å². The second-order valence-corrected chi connectivity index (χ2v) is 5.93. The Balaban J connectivity index is 1.62. The maximum absolute atomic E-state index is 4.14. The molecule has 1 atom stereocenters. The maximum Gasteiger partial charge on any atom is 0.0946 e. The number of benzene rings is 1. The van der Waals surface area contributed by atoms with E-state index >= 15 is 0 Å². The van der Waals surface area contributed by atoms with Crippen LogP contribution in [0.2, 0.25) is 0 Å². The smallest absolute Gasteiger partial charge is 0.0946 e. The molecule has 1 fully saturated rings. The summed E-state index contributed by atoms with van der Waals surface area (Å²) in [7, 11) is 0. The number of hydrogen-bond donors (Lipinski definition) is 0. The summed E-state index contributed by atoms with van der Waals surface area (Å²) >= 11 is 0. The Labute approximate surface area is 126 Å². The van der Waals surface area contributed by atoms with Crippen LogP contribution in [-0.2, 0) is 6.54 Å². The van der Waals surface area contributed by atoms with E-state index in [2.05, 4.69) is 64.0 Å². The van der Waals surface area contributed by atoms with Crippen molar-refractivity contribution >= 4 is 6.08 Å². The van der Waals surface area contributed by atoms with Gasteiger partial charge in [-0.15, -0.1) is 0 Å². The first-order valence-electron chi connectivity index (χ1n) is 7.73. The van der Waals surface area contributed by atoms with Gasteiger partial charge in [0.15, 0.2) is 0 Å². The molecule has 2 heterocycles. The van der Waals surface area contributed by atoms with Crippen molar-refractivity contribution in [3.8, 4) is 0 Å². The Morgan fingerprint density at radius 3 is 2.95 bits per heavy atom. The van der Waals surface area contributed by atoms with E-state index in [4.69, 9.17) is 0 Å². The highest BCUT2D eigenvalue weighted by atomic mass is 15.2. The molecular weight excluding hydrogens is 258 g/mol. The van der Waals surface area contributed by atoms with Gasteiger partial charge in [0, 0.05) is 31.5 Å². The van der Waals surface area contributed by atoms with Crippen LogP contribution in [-0.4, -0.2) is 33.6 Å². The Hall–Kier alpha value is -1.87. The predicted molar refractivity (Wildman–Crippen MR) is 86.9 cm³/mol. The molecule has 0 N–H and O–H groups in total. The SMILES string of the molecule is CC(=Cc1ccccc1)CN1CCCC1Cn1ccnc1. The average molecular weight is 281 g/mol. The van der Waals surface area contributed by atoms with Gasteiger partial charge in [-0.3, -0.25) is 4.90 Å². The average Bonchev–Trinajstić information content (AvgIpc) is 3.13. The van der Waals surface area contributed by atoms with Gasteiger partial charge < -0.3 is 4.57 Å². The van der Waals surface area contributed by atoms with Crippen LogP contribution in [0.1, 0.15) is 25.3 Å². The van der Waals surface area contributed by atoms with Crippen molar-refractivity contribution in [1.29, 1.82) is 0 Å². The lowest BCUT2D eigenvalue weighted by molar-refractivity contribution is 0.251. The second-order valence-electron chi connectivity index (χ2n) is 5.93. The van der Waals surface area contributed by atoms with Gasteiger partial charge in [-0.05, 0) is 31.9 Å². The molecule has 1 saturated heterocycles. The summed E-state index contributed by atoms with van der Waals surface area (Å²) in [4.78, 5) is 6.75. The lowest BCUT2D eigenvalue weighted by atomic mass is 10.1. The Bertz CT molecular complexity index is 572. The molecule has 110 valence electrons. The van der Waals surface area contributed by atoms with Crippen molar-refractivity contribution in [1.82, 2.24) is 14.5 Å². The Morgan fingerprint density at radius 1 is 1.33 bits per heavy atom. The minimum Gasteiger partial charge on any atom is -0.336 e. The summed E-state index contributed by atoms with van der Waals surface area (Å²) in [5.74, 6) is 0. The highest BCUT2D eigenvalue weighted by molar-refractivity contribution is 5.52. The van der Waals surface area contributed by atoms with Crippen LogP contribution in [0.15, 0.2) is 54.6 Å². The summed E-state index contributed by atoms with van der Waals surface area (Å²) in [6.07, 6.45) is 10.7. The largest absolute Gasteiger partial charge is 0.336 e. The third-order valence-electron chi connectivity index (χ3n) is 4.14. The predicted octanol–water partition coefficient (Wildman–Crippen LogP) is 3.45. The number of rotatable bonds is 5. The number of hydrogen-bond acceptors (Lipinski definition) is 2. The van der Waals surface area contributed by atoms with Crippen LogP contribution in [0.5, 0.6) is 0 Å². The van der Waals surface area contributed by atoms with Gasteiger partial charge in [0.05, 0.1) is 6.33 Å². The van der Waals surface area contributed by atoms with E-state index in [-0.39, 0.29) is 0 Å². The fourth-order valence-electron chi connectivity index (χ4n) is 3.15. The third-order valence-corrected chi connectivity index (χ3v) is 4.14. The lowest BCUT2D eigenvalue weighted by Crippen LogP contribution is -2.33. The highest BCUT2D eigenvalue weighted by Crippen LogP contribution is 2.20. The van der Waals surface area contributed by atoms with Crippen molar-refractivity contribution < 1.29 is 0 Å². The minimum absolute atomic E-state index is 0.637. The van der Waals surface area contributed by atoms with Crippen LogP contribution >= 0.6 is 0 Å². The molecule has 0 aliphatic carbocycles. The summed E-state index contributed by atoms with van der Waals surface area (Å²) in [5.41, 5.74) is 2.72. The first kappa shape index (κ1) is 14.1. The van der Waals surface area contributed by atoms with E-state index < -0.39 is 0 Å². The number of aromatic nitrogens is 2. The molecule has 3 heteroatoms. The molecule has 2 aromatic rings. The zero-order chi connectivity index (χ0) is 14.5.